The molecule has 0 aliphatic rings. The van der Waals surface area contributed by atoms with Gasteiger partial charge in [0, 0.05) is 17.3 Å². The summed E-state index contributed by atoms with van der Waals surface area (Å²) in [6, 6.07) is 18.8. The molecule has 0 fully saturated rings. The zero-order valence-corrected chi connectivity index (χ0v) is 11.8. The first kappa shape index (κ1) is 12.7. The van der Waals surface area contributed by atoms with Gasteiger partial charge < -0.3 is 4.98 Å². The van der Waals surface area contributed by atoms with Gasteiger partial charge in [-0.3, -0.25) is 0 Å². The van der Waals surface area contributed by atoms with Crippen LogP contribution in [0.2, 0.25) is 0 Å². The van der Waals surface area contributed by atoms with E-state index in [-0.39, 0.29) is 0 Å². The minimum atomic E-state index is 0.556. The third-order valence-corrected chi connectivity index (χ3v) is 3.50. The topological polar surface area (TPSA) is 28.7 Å². The Kier molecular flexibility index (Phi) is 3.38. The van der Waals surface area contributed by atoms with Gasteiger partial charge >= 0.3 is 0 Å². The summed E-state index contributed by atoms with van der Waals surface area (Å²) in [5.41, 5.74) is 4.59. The van der Waals surface area contributed by atoms with E-state index in [0.717, 1.165) is 22.6 Å². The van der Waals surface area contributed by atoms with Crippen LogP contribution in [0.5, 0.6) is 0 Å². The number of nitrogens with one attached hydrogen (secondary N) is 1. The molecule has 2 nitrogen and oxygen atoms in total. The molecule has 100 valence electrons. The van der Waals surface area contributed by atoms with E-state index in [1.807, 2.05) is 24.4 Å². The zero-order valence-electron chi connectivity index (χ0n) is 11.8. The van der Waals surface area contributed by atoms with Crippen molar-refractivity contribution in [1.82, 2.24) is 9.97 Å². The maximum absolute atomic E-state index is 4.67. The lowest BCUT2D eigenvalue weighted by molar-refractivity contribution is 0.867. The second kappa shape index (κ2) is 5.33. The number of H-pyrrole nitrogens is 1. The van der Waals surface area contributed by atoms with E-state index in [9.17, 15) is 0 Å². The first-order chi connectivity index (χ1) is 9.74. The summed E-state index contributed by atoms with van der Waals surface area (Å²) in [4.78, 5) is 7.93. The number of imidazole rings is 1. The Bertz CT molecular complexity index is 679. The molecule has 0 aliphatic heterocycles. The summed E-state index contributed by atoms with van der Waals surface area (Å²) in [5, 5.41) is 0. The van der Waals surface area contributed by atoms with Crippen molar-refractivity contribution in [3.8, 4) is 22.6 Å². The van der Waals surface area contributed by atoms with Crippen molar-refractivity contribution in [2.75, 3.05) is 0 Å². The largest absolute Gasteiger partial charge is 0.344 e. The Morgan fingerprint density at radius 2 is 1.55 bits per heavy atom. The van der Waals surface area contributed by atoms with Crippen LogP contribution in [0.3, 0.4) is 0 Å². The molecule has 1 heterocycles. The van der Waals surface area contributed by atoms with E-state index in [1.54, 1.807) is 0 Å². The van der Waals surface area contributed by atoms with Gasteiger partial charge in [-0.05, 0) is 11.5 Å². The Hall–Kier alpha value is -2.35. The highest BCUT2D eigenvalue weighted by molar-refractivity contribution is 5.64. The molecule has 2 aromatic carbocycles. The standard InChI is InChI=1S/C18H18N2/c1-13(2)14-8-10-16(11-9-14)18-19-12-17(20-18)15-6-4-3-5-7-15/h3-13H,1-2H3,(H,19,20). The highest BCUT2D eigenvalue weighted by Crippen LogP contribution is 2.23. The van der Waals surface area contributed by atoms with Gasteiger partial charge in [0.05, 0.1) is 5.69 Å². The predicted molar refractivity (Wildman–Crippen MR) is 83.5 cm³/mol. The number of nitrogens with zero attached hydrogens (tertiary/aromatic N) is 1. The minimum Gasteiger partial charge on any atom is -0.344 e. The number of hydrogen-bond donors (Lipinski definition) is 1. The second-order valence-electron chi connectivity index (χ2n) is 5.28. The van der Waals surface area contributed by atoms with Gasteiger partial charge in [0.2, 0.25) is 0 Å². The molecule has 0 saturated carbocycles. The summed E-state index contributed by atoms with van der Waals surface area (Å²) in [6.45, 7) is 4.41. The molecule has 0 unspecified atom stereocenters. The Balaban J connectivity index is 1.90. The molecule has 3 rings (SSSR count). The average Bonchev–Trinajstić information content (AvgIpc) is 2.98. The van der Waals surface area contributed by atoms with Gasteiger partial charge in [-0.25, -0.2) is 4.98 Å². The number of benzene rings is 2. The van der Waals surface area contributed by atoms with Crippen LogP contribution in [0, 0.1) is 0 Å². The second-order valence-corrected chi connectivity index (χ2v) is 5.28. The van der Waals surface area contributed by atoms with Crippen molar-refractivity contribution in [1.29, 1.82) is 0 Å². The molecule has 0 saturated heterocycles. The highest BCUT2D eigenvalue weighted by Gasteiger charge is 2.06. The van der Waals surface area contributed by atoms with Crippen LogP contribution in [0.25, 0.3) is 22.6 Å². The SMILES string of the molecule is CC(C)c1ccc(-c2nc(-c3ccccc3)c[nH]2)cc1. The summed E-state index contributed by atoms with van der Waals surface area (Å²) in [7, 11) is 0. The summed E-state index contributed by atoms with van der Waals surface area (Å²) in [6.07, 6.45) is 1.96. The van der Waals surface area contributed by atoms with E-state index >= 15 is 0 Å². The average molecular weight is 262 g/mol. The van der Waals surface area contributed by atoms with E-state index < -0.39 is 0 Å². The molecule has 2 heteroatoms. The summed E-state index contributed by atoms with van der Waals surface area (Å²) < 4.78 is 0. The van der Waals surface area contributed by atoms with Crippen LogP contribution in [0.15, 0.2) is 60.8 Å². The number of aromatic nitrogens is 2. The Morgan fingerprint density at radius 1 is 0.850 bits per heavy atom. The quantitative estimate of drug-likeness (QED) is 0.717. The van der Waals surface area contributed by atoms with Crippen molar-refractivity contribution in [3.05, 3.63) is 66.4 Å². The maximum atomic E-state index is 4.67. The number of aromatic amines is 1. The fourth-order valence-electron chi connectivity index (χ4n) is 2.25. The number of rotatable bonds is 3. The lowest BCUT2D eigenvalue weighted by atomic mass is 10.0. The monoisotopic (exact) mass is 262 g/mol. The molecule has 0 atom stereocenters. The molecule has 20 heavy (non-hydrogen) atoms. The van der Waals surface area contributed by atoms with Crippen molar-refractivity contribution in [2.24, 2.45) is 0 Å². The third kappa shape index (κ3) is 2.50. The van der Waals surface area contributed by atoms with E-state index in [4.69, 9.17) is 0 Å². The smallest absolute Gasteiger partial charge is 0.138 e. The summed E-state index contributed by atoms with van der Waals surface area (Å²) >= 11 is 0. The van der Waals surface area contributed by atoms with Gasteiger partial charge in [0.1, 0.15) is 5.82 Å². The minimum absolute atomic E-state index is 0.556. The van der Waals surface area contributed by atoms with Crippen LogP contribution < -0.4 is 0 Å². The lowest BCUT2D eigenvalue weighted by Gasteiger charge is -2.05. The van der Waals surface area contributed by atoms with Gasteiger partial charge in [-0.15, -0.1) is 0 Å². The number of hydrogen-bond acceptors (Lipinski definition) is 1. The van der Waals surface area contributed by atoms with Crippen LogP contribution in [0.4, 0.5) is 0 Å². The van der Waals surface area contributed by atoms with E-state index in [1.165, 1.54) is 5.56 Å². The Morgan fingerprint density at radius 3 is 2.20 bits per heavy atom. The van der Waals surface area contributed by atoms with E-state index in [0.29, 0.717) is 5.92 Å². The molecule has 0 bridgehead atoms. The molecule has 0 spiro atoms. The molecular weight excluding hydrogens is 244 g/mol. The molecule has 1 N–H and O–H groups in total. The molecule has 0 radical (unpaired) electrons. The first-order valence-corrected chi connectivity index (χ1v) is 6.95. The fraction of sp³-hybridized carbons (Fsp3) is 0.167. The van der Waals surface area contributed by atoms with Crippen LogP contribution in [-0.4, -0.2) is 9.97 Å². The molecule has 0 amide bonds. The van der Waals surface area contributed by atoms with Crippen LogP contribution in [-0.2, 0) is 0 Å². The third-order valence-electron chi connectivity index (χ3n) is 3.50. The van der Waals surface area contributed by atoms with Gasteiger partial charge in [-0.2, -0.15) is 0 Å². The maximum Gasteiger partial charge on any atom is 0.138 e. The highest BCUT2D eigenvalue weighted by atomic mass is 14.9. The predicted octanol–water partition coefficient (Wildman–Crippen LogP) is 4.87. The van der Waals surface area contributed by atoms with Gasteiger partial charge in [0.15, 0.2) is 0 Å². The van der Waals surface area contributed by atoms with Gasteiger partial charge in [0.25, 0.3) is 0 Å². The zero-order chi connectivity index (χ0) is 13.9. The van der Waals surface area contributed by atoms with Crippen molar-refractivity contribution >= 4 is 0 Å². The molecule has 3 aromatic rings. The summed E-state index contributed by atoms with van der Waals surface area (Å²) in [5.74, 6) is 1.47. The fourth-order valence-corrected chi connectivity index (χ4v) is 2.25. The Labute approximate surface area is 119 Å². The lowest BCUT2D eigenvalue weighted by Crippen LogP contribution is -1.87. The normalized spacial score (nSPS) is 10.9. The molecule has 0 aliphatic carbocycles. The van der Waals surface area contributed by atoms with Crippen molar-refractivity contribution < 1.29 is 0 Å². The molecular formula is C18H18N2. The van der Waals surface area contributed by atoms with E-state index in [2.05, 4.69) is 60.2 Å². The van der Waals surface area contributed by atoms with Crippen LogP contribution >= 0.6 is 0 Å². The van der Waals surface area contributed by atoms with Crippen LogP contribution in [0.1, 0.15) is 25.3 Å². The first-order valence-electron chi connectivity index (χ1n) is 6.95. The van der Waals surface area contributed by atoms with Crippen molar-refractivity contribution in [3.63, 3.8) is 0 Å². The molecule has 1 aromatic heterocycles. The van der Waals surface area contributed by atoms with Gasteiger partial charge in [-0.1, -0.05) is 68.4 Å². The van der Waals surface area contributed by atoms with Crippen molar-refractivity contribution in [2.45, 2.75) is 19.8 Å².